The van der Waals surface area contributed by atoms with E-state index in [1.54, 1.807) is 0 Å². The normalized spacial score (nSPS) is 18.9. The van der Waals surface area contributed by atoms with Gasteiger partial charge in [-0.3, -0.25) is 0 Å². The molecule has 28 heavy (non-hydrogen) atoms. The molecule has 2 heterocycles. The predicted molar refractivity (Wildman–Crippen MR) is 117 cm³/mol. The van der Waals surface area contributed by atoms with Crippen LogP contribution in [0, 0.1) is 19.8 Å². The smallest absolute Gasteiger partial charge is 0.410 e. The summed E-state index contributed by atoms with van der Waals surface area (Å²) >= 11 is 0. The molecule has 4 nitrogen and oxygen atoms in total. The fourth-order valence-electron chi connectivity index (χ4n) is 4.21. The van der Waals surface area contributed by atoms with Gasteiger partial charge in [-0.2, -0.15) is 0 Å². The Morgan fingerprint density at radius 1 is 1.04 bits per heavy atom. The summed E-state index contributed by atoms with van der Waals surface area (Å²) in [5.74, 6) is 0.524. The minimum Gasteiger partial charge on any atom is -0.444 e. The average Bonchev–Trinajstić information content (AvgIpc) is 3.14. The molecule has 1 amide bonds. The van der Waals surface area contributed by atoms with Crippen LogP contribution in [-0.4, -0.2) is 42.8 Å². The zero-order valence-electron chi connectivity index (χ0n) is 18.3. The standard InChI is InChI=1S/C24H36N2O2/c1-18-16-21(25-12-6-7-13-25)17-19(2)22(18)9-8-20-10-14-26(15-11-20)23(27)28-24(3,4)5/h8-9,16-17,20H,6-7,10-15H2,1-5H3/b9-8+. The fraction of sp³-hybridized carbons (Fsp3) is 0.625. The Kier molecular flexibility index (Phi) is 6.36. The number of nitrogens with zero attached hydrogens (tertiary/aromatic N) is 2. The highest BCUT2D eigenvalue weighted by atomic mass is 16.6. The summed E-state index contributed by atoms with van der Waals surface area (Å²) in [6, 6.07) is 4.67. The molecule has 0 aromatic heterocycles. The molecule has 4 heteroatoms. The van der Waals surface area contributed by atoms with Gasteiger partial charge in [0.15, 0.2) is 0 Å². The van der Waals surface area contributed by atoms with Gasteiger partial charge >= 0.3 is 6.09 Å². The van der Waals surface area contributed by atoms with Gasteiger partial charge in [-0.25, -0.2) is 4.79 Å². The quantitative estimate of drug-likeness (QED) is 0.683. The van der Waals surface area contributed by atoms with Crippen molar-refractivity contribution in [2.45, 2.75) is 65.9 Å². The molecule has 2 aliphatic heterocycles. The van der Waals surface area contributed by atoms with Crippen LogP contribution in [0.25, 0.3) is 6.08 Å². The molecule has 1 aromatic carbocycles. The lowest BCUT2D eigenvalue weighted by molar-refractivity contribution is 0.0197. The number of hydrogen-bond acceptors (Lipinski definition) is 3. The highest BCUT2D eigenvalue weighted by Crippen LogP contribution is 2.28. The van der Waals surface area contributed by atoms with E-state index in [4.69, 9.17) is 4.74 Å². The van der Waals surface area contributed by atoms with Gasteiger partial charge < -0.3 is 14.5 Å². The van der Waals surface area contributed by atoms with Gasteiger partial charge in [-0.15, -0.1) is 0 Å². The molecule has 0 atom stereocenters. The number of ether oxygens (including phenoxy) is 1. The number of rotatable bonds is 3. The molecule has 2 aliphatic rings. The zero-order valence-corrected chi connectivity index (χ0v) is 18.3. The largest absolute Gasteiger partial charge is 0.444 e. The van der Waals surface area contributed by atoms with Gasteiger partial charge in [0, 0.05) is 31.9 Å². The highest BCUT2D eigenvalue weighted by Gasteiger charge is 2.26. The maximum Gasteiger partial charge on any atom is 0.410 e. The van der Waals surface area contributed by atoms with Gasteiger partial charge in [0.05, 0.1) is 0 Å². The first kappa shape index (κ1) is 20.8. The molecule has 0 N–H and O–H groups in total. The predicted octanol–water partition coefficient (Wildman–Crippen LogP) is 5.56. The van der Waals surface area contributed by atoms with Crippen molar-refractivity contribution >= 4 is 17.9 Å². The van der Waals surface area contributed by atoms with Crippen LogP contribution in [0.1, 0.15) is 63.1 Å². The van der Waals surface area contributed by atoms with Gasteiger partial charge in [0.25, 0.3) is 0 Å². The first-order valence-electron chi connectivity index (χ1n) is 10.8. The van der Waals surface area contributed by atoms with Crippen LogP contribution in [0.4, 0.5) is 10.5 Å². The summed E-state index contributed by atoms with van der Waals surface area (Å²) in [6.07, 6.45) is 9.07. The number of hydrogen-bond donors (Lipinski definition) is 0. The van der Waals surface area contributed by atoms with E-state index in [2.05, 4.69) is 43.0 Å². The van der Waals surface area contributed by atoms with Crippen molar-refractivity contribution in [3.63, 3.8) is 0 Å². The molecule has 2 saturated heterocycles. The maximum absolute atomic E-state index is 12.2. The molecule has 3 rings (SSSR count). The number of anilines is 1. The van der Waals surface area contributed by atoms with Crippen molar-refractivity contribution in [3.05, 3.63) is 34.9 Å². The van der Waals surface area contributed by atoms with Crippen LogP contribution in [0.5, 0.6) is 0 Å². The maximum atomic E-state index is 12.2. The van der Waals surface area contributed by atoms with E-state index in [9.17, 15) is 4.79 Å². The van der Waals surface area contributed by atoms with Crippen LogP contribution in [0.2, 0.25) is 0 Å². The van der Waals surface area contributed by atoms with Crippen LogP contribution < -0.4 is 4.90 Å². The summed E-state index contributed by atoms with van der Waals surface area (Å²) < 4.78 is 5.49. The van der Waals surface area contributed by atoms with Crippen LogP contribution in [-0.2, 0) is 4.74 Å². The number of benzene rings is 1. The minimum absolute atomic E-state index is 0.181. The number of piperidine rings is 1. The number of likely N-dealkylation sites (tertiary alicyclic amines) is 1. The van der Waals surface area contributed by atoms with Crippen LogP contribution in [0.15, 0.2) is 18.2 Å². The Balaban J connectivity index is 1.58. The third kappa shape index (κ3) is 5.30. The van der Waals surface area contributed by atoms with Crippen LogP contribution >= 0.6 is 0 Å². The minimum atomic E-state index is -0.426. The van der Waals surface area contributed by atoms with E-state index in [-0.39, 0.29) is 6.09 Å². The van der Waals surface area contributed by atoms with E-state index in [1.165, 1.54) is 48.3 Å². The highest BCUT2D eigenvalue weighted by molar-refractivity contribution is 5.68. The lowest BCUT2D eigenvalue weighted by Gasteiger charge is -2.32. The molecular formula is C24H36N2O2. The van der Waals surface area contributed by atoms with Crippen molar-refractivity contribution in [2.24, 2.45) is 5.92 Å². The molecule has 0 spiro atoms. The third-order valence-corrected chi connectivity index (χ3v) is 5.78. The first-order valence-corrected chi connectivity index (χ1v) is 10.8. The summed E-state index contributed by atoms with van der Waals surface area (Å²) in [5.41, 5.74) is 4.99. The SMILES string of the molecule is Cc1cc(N2CCCC2)cc(C)c1/C=C/C1CCN(C(=O)OC(C)(C)C)CC1. The molecule has 0 unspecified atom stereocenters. The molecule has 2 fully saturated rings. The van der Waals surface area contributed by atoms with Gasteiger partial charge in [-0.1, -0.05) is 12.2 Å². The molecule has 0 bridgehead atoms. The molecular weight excluding hydrogens is 348 g/mol. The molecule has 154 valence electrons. The van der Waals surface area contributed by atoms with E-state index >= 15 is 0 Å². The molecule has 0 radical (unpaired) electrons. The number of amides is 1. The number of carbonyl (C=O) groups excluding carboxylic acids is 1. The van der Waals surface area contributed by atoms with Crippen molar-refractivity contribution in [3.8, 4) is 0 Å². The Labute approximate surface area is 170 Å². The summed E-state index contributed by atoms with van der Waals surface area (Å²) in [5, 5.41) is 0. The molecule has 1 aromatic rings. The van der Waals surface area contributed by atoms with Crippen LogP contribution in [0.3, 0.4) is 0 Å². The zero-order chi connectivity index (χ0) is 20.3. The number of aryl methyl sites for hydroxylation is 2. The van der Waals surface area contributed by atoms with E-state index in [1.807, 2.05) is 25.7 Å². The van der Waals surface area contributed by atoms with Gasteiger partial charge in [0.1, 0.15) is 5.60 Å². The molecule has 0 saturated carbocycles. The van der Waals surface area contributed by atoms with Gasteiger partial charge in [-0.05, 0) is 95.0 Å². The second kappa shape index (κ2) is 8.59. The van der Waals surface area contributed by atoms with Crippen molar-refractivity contribution in [1.29, 1.82) is 0 Å². The number of carbonyl (C=O) groups is 1. The Bertz CT molecular complexity index is 696. The Morgan fingerprint density at radius 2 is 1.61 bits per heavy atom. The molecule has 0 aliphatic carbocycles. The van der Waals surface area contributed by atoms with Gasteiger partial charge in [0.2, 0.25) is 0 Å². The average molecular weight is 385 g/mol. The Hall–Kier alpha value is -1.97. The second-order valence-corrected chi connectivity index (χ2v) is 9.35. The van der Waals surface area contributed by atoms with Crippen molar-refractivity contribution in [2.75, 3.05) is 31.1 Å². The van der Waals surface area contributed by atoms with E-state index in [0.717, 1.165) is 25.9 Å². The van der Waals surface area contributed by atoms with E-state index < -0.39 is 5.60 Å². The lowest BCUT2D eigenvalue weighted by Crippen LogP contribution is -2.41. The summed E-state index contributed by atoms with van der Waals surface area (Å²) in [4.78, 5) is 16.6. The first-order chi connectivity index (χ1) is 13.2. The van der Waals surface area contributed by atoms with E-state index in [0.29, 0.717) is 5.92 Å². The monoisotopic (exact) mass is 384 g/mol. The van der Waals surface area contributed by atoms with Crippen molar-refractivity contribution < 1.29 is 9.53 Å². The lowest BCUT2D eigenvalue weighted by atomic mass is 9.94. The Morgan fingerprint density at radius 3 is 2.14 bits per heavy atom. The second-order valence-electron chi connectivity index (χ2n) is 9.35. The topological polar surface area (TPSA) is 32.8 Å². The number of allylic oxidation sites excluding steroid dienone is 1. The summed E-state index contributed by atoms with van der Waals surface area (Å²) in [7, 11) is 0. The van der Waals surface area contributed by atoms with Crippen molar-refractivity contribution in [1.82, 2.24) is 4.90 Å². The third-order valence-electron chi connectivity index (χ3n) is 5.78. The summed E-state index contributed by atoms with van der Waals surface area (Å²) in [6.45, 7) is 14.1. The fourth-order valence-corrected chi connectivity index (χ4v) is 4.21.